The highest BCUT2D eigenvalue weighted by Crippen LogP contribution is 2.25. The molecule has 2 heterocycles. The summed E-state index contributed by atoms with van der Waals surface area (Å²) in [6.07, 6.45) is 0.919. The zero-order valence-corrected chi connectivity index (χ0v) is 9.48. The highest BCUT2D eigenvalue weighted by atomic mass is 15.0. The van der Waals surface area contributed by atoms with Crippen molar-refractivity contribution in [3.8, 4) is 11.3 Å². The molecule has 0 aliphatic carbocycles. The van der Waals surface area contributed by atoms with Gasteiger partial charge in [0.2, 0.25) is 5.95 Å². The van der Waals surface area contributed by atoms with Crippen molar-refractivity contribution in [3.05, 3.63) is 41.6 Å². The van der Waals surface area contributed by atoms with Crippen LogP contribution in [-0.2, 0) is 13.0 Å². The van der Waals surface area contributed by atoms with Crippen molar-refractivity contribution < 1.29 is 0 Å². The maximum Gasteiger partial charge on any atom is 0.220 e. The lowest BCUT2D eigenvalue weighted by molar-refractivity contribution is 0.629. The number of nitrogen functional groups attached to an aromatic ring is 1. The van der Waals surface area contributed by atoms with Crippen molar-refractivity contribution in [2.45, 2.75) is 13.0 Å². The van der Waals surface area contributed by atoms with Gasteiger partial charge in [-0.2, -0.15) is 0 Å². The van der Waals surface area contributed by atoms with Gasteiger partial charge in [-0.05, 0) is 0 Å². The van der Waals surface area contributed by atoms with E-state index >= 15 is 0 Å². The number of aromatic nitrogens is 2. The van der Waals surface area contributed by atoms with Crippen LogP contribution in [-0.4, -0.2) is 16.5 Å². The fraction of sp³-hybridized carbons (Fsp3) is 0.231. The first-order valence-electron chi connectivity index (χ1n) is 5.76. The number of benzene rings is 1. The van der Waals surface area contributed by atoms with E-state index in [1.807, 2.05) is 18.2 Å². The summed E-state index contributed by atoms with van der Waals surface area (Å²) in [5, 5.41) is 3.35. The number of anilines is 1. The predicted octanol–water partition coefficient (Wildman–Crippen LogP) is 1.37. The summed E-state index contributed by atoms with van der Waals surface area (Å²) in [5.74, 6) is 0.365. The largest absolute Gasteiger partial charge is 0.368 e. The molecule has 17 heavy (non-hydrogen) atoms. The minimum absolute atomic E-state index is 0.365. The molecular formula is C13H14N4. The molecule has 0 unspecified atom stereocenters. The molecule has 3 rings (SSSR count). The van der Waals surface area contributed by atoms with Gasteiger partial charge in [-0.3, -0.25) is 0 Å². The molecule has 86 valence electrons. The third-order valence-electron chi connectivity index (χ3n) is 3.00. The van der Waals surface area contributed by atoms with E-state index in [-0.39, 0.29) is 0 Å². The molecule has 1 aliphatic rings. The number of rotatable bonds is 1. The molecule has 0 fully saturated rings. The highest BCUT2D eigenvalue weighted by molar-refractivity contribution is 5.65. The monoisotopic (exact) mass is 226 g/mol. The summed E-state index contributed by atoms with van der Waals surface area (Å²) in [6.45, 7) is 1.78. The molecule has 3 N–H and O–H groups in total. The van der Waals surface area contributed by atoms with Gasteiger partial charge in [-0.25, -0.2) is 9.97 Å². The quantitative estimate of drug-likeness (QED) is 0.771. The molecule has 1 aromatic heterocycles. The van der Waals surface area contributed by atoms with Crippen molar-refractivity contribution in [1.29, 1.82) is 0 Å². The first kappa shape index (κ1) is 10.2. The zero-order valence-electron chi connectivity index (χ0n) is 9.48. The lowest BCUT2D eigenvalue weighted by Gasteiger charge is -2.19. The van der Waals surface area contributed by atoms with Crippen LogP contribution >= 0.6 is 0 Å². The molecule has 0 saturated heterocycles. The SMILES string of the molecule is Nc1nc2c(c(-c3ccccc3)n1)CNCC2. The average Bonchev–Trinajstić information content (AvgIpc) is 2.39. The van der Waals surface area contributed by atoms with Crippen LogP contribution < -0.4 is 11.1 Å². The van der Waals surface area contributed by atoms with E-state index in [9.17, 15) is 0 Å². The Morgan fingerprint density at radius 2 is 1.94 bits per heavy atom. The number of nitrogens with one attached hydrogen (secondary N) is 1. The lowest BCUT2D eigenvalue weighted by Crippen LogP contribution is -2.26. The van der Waals surface area contributed by atoms with Crippen LogP contribution in [0.4, 0.5) is 5.95 Å². The highest BCUT2D eigenvalue weighted by Gasteiger charge is 2.17. The van der Waals surface area contributed by atoms with Gasteiger partial charge < -0.3 is 11.1 Å². The van der Waals surface area contributed by atoms with Crippen LogP contribution in [0.3, 0.4) is 0 Å². The Bertz CT molecular complexity index is 537. The van der Waals surface area contributed by atoms with Crippen LogP contribution in [0.5, 0.6) is 0 Å². The Kier molecular flexibility index (Phi) is 2.49. The Morgan fingerprint density at radius 1 is 1.12 bits per heavy atom. The molecular weight excluding hydrogens is 212 g/mol. The zero-order chi connectivity index (χ0) is 11.7. The number of hydrogen-bond acceptors (Lipinski definition) is 4. The van der Waals surface area contributed by atoms with Crippen LogP contribution in [0.25, 0.3) is 11.3 Å². The third-order valence-corrected chi connectivity index (χ3v) is 3.00. The molecule has 1 aliphatic heterocycles. The Labute approximate surface area is 99.9 Å². The van der Waals surface area contributed by atoms with Crippen molar-refractivity contribution in [2.75, 3.05) is 12.3 Å². The molecule has 0 spiro atoms. The van der Waals surface area contributed by atoms with Crippen molar-refractivity contribution in [3.63, 3.8) is 0 Å². The molecule has 0 atom stereocenters. The van der Waals surface area contributed by atoms with Crippen molar-refractivity contribution in [1.82, 2.24) is 15.3 Å². The molecule has 0 radical (unpaired) electrons. The lowest BCUT2D eigenvalue weighted by atomic mass is 10.0. The maximum absolute atomic E-state index is 5.78. The molecule has 2 aromatic rings. The second kappa shape index (κ2) is 4.14. The van der Waals surface area contributed by atoms with Gasteiger partial charge in [-0.1, -0.05) is 30.3 Å². The minimum atomic E-state index is 0.365. The van der Waals surface area contributed by atoms with Crippen LogP contribution in [0.15, 0.2) is 30.3 Å². The smallest absolute Gasteiger partial charge is 0.220 e. The summed E-state index contributed by atoms with van der Waals surface area (Å²) in [4.78, 5) is 8.71. The summed E-state index contributed by atoms with van der Waals surface area (Å²) < 4.78 is 0. The van der Waals surface area contributed by atoms with E-state index in [1.54, 1.807) is 0 Å². The van der Waals surface area contributed by atoms with E-state index < -0.39 is 0 Å². The summed E-state index contributed by atoms with van der Waals surface area (Å²) in [7, 11) is 0. The standard InChI is InChI=1S/C13H14N4/c14-13-16-11-6-7-15-8-10(11)12(17-13)9-4-2-1-3-5-9/h1-5,15H,6-8H2,(H2,14,16,17). The Morgan fingerprint density at radius 3 is 2.76 bits per heavy atom. The average molecular weight is 226 g/mol. The van der Waals surface area contributed by atoms with Gasteiger partial charge in [0, 0.05) is 30.6 Å². The van der Waals surface area contributed by atoms with Crippen LogP contribution in [0, 0.1) is 0 Å². The van der Waals surface area contributed by atoms with E-state index in [4.69, 9.17) is 5.73 Å². The third kappa shape index (κ3) is 1.87. The number of nitrogens with zero attached hydrogens (tertiary/aromatic N) is 2. The molecule has 0 bridgehead atoms. The number of nitrogens with two attached hydrogens (primary N) is 1. The fourth-order valence-electron chi connectivity index (χ4n) is 2.20. The first-order chi connectivity index (χ1) is 8.34. The van der Waals surface area contributed by atoms with Gasteiger partial charge in [0.15, 0.2) is 0 Å². The number of fused-ring (bicyclic) bond motifs is 1. The van der Waals surface area contributed by atoms with E-state index in [2.05, 4.69) is 27.4 Å². The topological polar surface area (TPSA) is 63.8 Å². The van der Waals surface area contributed by atoms with Crippen LogP contribution in [0.2, 0.25) is 0 Å². The Hall–Kier alpha value is -1.94. The van der Waals surface area contributed by atoms with E-state index in [0.29, 0.717) is 5.95 Å². The van der Waals surface area contributed by atoms with Crippen molar-refractivity contribution in [2.24, 2.45) is 0 Å². The normalized spacial score (nSPS) is 14.4. The predicted molar refractivity (Wildman–Crippen MR) is 67.3 cm³/mol. The molecule has 0 saturated carbocycles. The summed E-state index contributed by atoms with van der Waals surface area (Å²) >= 11 is 0. The summed E-state index contributed by atoms with van der Waals surface area (Å²) in [6, 6.07) is 10.1. The van der Waals surface area contributed by atoms with E-state index in [1.165, 1.54) is 5.56 Å². The molecule has 1 aromatic carbocycles. The van der Waals surface area contributed by atoms with Gasteiger partial charge in [0.25, 0.3) is 0 Å². The molecule has 4 heteroatoms. The van der Waals surface area contributed by atoms with Gasteiger partial charge in [0.05, 0.1) is 11.4 Å². The van der Waals surface area contributed by atoms with Crippen LogP contribution in [0.1, 0.15) is 11.3 Å². The molecule has 4 nitrogen and oxygen atoms in total. The number of hydrogen-bond donors (Lipinski definition) is 2. The molecule has 0 amide bonds. The second-order valence-electron chi connectivity index (χ2n) is 4.15. The Balaban J connectivity index is 2.19. The fourth-order valence-corrected chi connectivity index (χ4v) is 2.20. The van der Waals surface area contributed by atoms with Gasteiger partial charge >= 0.3 is 0 Å². The van der Waals surface area contributed by atoms with Crippen molar-refractivity contribution >= 4 is 5.95 Å². The van der Waals surface area contributed by atoms with E-state index in [0.717, 1.165) is 36.5 Å². The summed E-state index contributed by atoms with van der Waals surface area (Å²) in [5.41, 5.74) is 10.1. The first-order valence-corrected chi connectivity index (χ1v) is 5.76. The van der Waals surface area contributed by atoms with Gasteiger partial charge in [-0.15, -0.1) is 0 Å². The minimum Gasteiger partial charge on any atom is -0.368 e. The van der Waals surface area contributed by atoms with Gasteiger partial charge in [0.1, 0.15) is 0 Å². The maximum atomic E-state index is 5.78. The second-order valence-corrected chi connectivity index (χ2v) is 4.15.